The molecule has 8 nitrogen and oxygen atoms in total. The Hall–Kier alpha value is -2.85. The maximum absolute atomic E-state index is 12.9. The first kappa shape index (κ1) is 22.0. The van der Waals surface area contributed by atoms with Crippen LogP contribution in [0.2, 0.25) is 0 Å². The maximum atomic E-state index is 12.9. The van der Waals surface area contributed by atoms with Gasteiger partial charge in [0.2, 0.25) is 5.91 Å². The lowest BCUT2D eigenvalue weighted by Gasteiger charge is -2.26. The van der Waals surface area contributed by atoms with Crippen molar-refractivity contribution in [3.8, 4) is 0 Å². The zero-order chi connectivity index (χ0) is 22.8. The van der Waals surface area contributed by atoms with Crippen molar-refractivity contribution in [1.82, 2.24) is 24.7 Å². The van der Waals surface area contributed by atoms with Gasteiger partial charge >= 0.3 is 5.69 Å². The highest BCUT2D eigenvalue weighted by atomic mass is 32.2. The number of fused-ring (bicyclic) bond motifs is 1. The second-order valence-corrected chi connectivity index (χ2v) is 10.7. The van der Waals surface area contributed by atoms with Crippen LogP contribution in [0.4, 0.5) is 5.69 Å². The number of carbonyl (C=O) groups is 1. The Labute approximate surface area is 199 Å². The van der Waals surface area contributed by atoms with Crippen molar-refractivity contribution < 1.29 is 4.79 Å². The summed E-state index contributed by atoms with van der Waals surface area (Å²) in [5, 5.41) is 14.5. The number of aromatic amines is 2. The third kappa shape index (κ3) is 4.91. The third-order valence-corrected chi connectivity index (χ3v) is 7.96. The van der Waals surface area contributed by atoms with Gasteiger partial charge in [0.15, 0.2) is 5.16 Å². The van der Waals surface area contributed by atoms with E-state index in [-0.39, 0.29) is 16.8 Å². The van der Waals surface area contributed by atoms with E-state index in [2.05, 4.69) is 47.6 Å². The van der Waals surface area contributed by atoms with Gasteiger partial charge in [-0.3, -0.25) is 4.79 Å². The minimum Gasteiger partial charge on any atom is -0.325 e. The lowest BCUT2D eigenvalue weighted by molar-refractivity contribution is -0.115. The van der Waals surface area contributed by atoms with Gasteiger partial charge in [0.25, 0.3) is 0 Å². The molecule has 172 valence electrons. The molecule has 0 spiro atoms. The molecule has 1 aliphatic rings. The zero-order valence-electron chi connectivity index (χ0n) is 18.3. The van der Waals surface area contributed by atoms with Crippen LogP contribution in [0.5, 0.6) is 0 Å². The fourth-order valence-corrected chi connectivity index (χ4v) is 5.99. The van der Waals surface area contributed by atoms with Crippen LogP contribution in [0.25, 0.3) is 11.0 Å². The number of nitrogens with zero attached hydrogens (tertiary/aromatic N) is 3. The predicted molar refractivity (Wildman–Crippen MR) is 132 cm³/mol. The van der Waals surface area contributed by atoms with E-state index >= 15 is 0 Å². The summed E-state index contributed by atoms with van der Waals surface area (Å²) in [6.07, 6.45) is 6.71. The van der Waals surface area contributed by atoms with Crippen molar-refractivity contribution in [3.05, 3.63) is 56.9 Å². The second-order valence-electron chi connectivity index (χ2n) is 8.41. The number of hydrogen-bond donors (Lipinski definition) is 3. The number of thiophene rings is 1. The number of imidazole rings is 1. The summed E-state index contributed by atoms with van der Waals surface area (Å²) in [4.78, 5) is 31.1. The standard InChI is InChI=1S/C23H26N6O2S2/c1-14(21(30)24-15-9-10-18-19(12-15)26-22(31)25-18)33-23-28-27-20(13-17-8-5-11-32-17)29(23)16-6-3-2-4-7-16/h5,8-12,14,16H,2-4,6-7,13H2,1H3,(H,24,30)(H2,25,26,31)/t14-/m0/s1. The van der Waals surface area contributed by atoms with Gasteiger partial charge in [-0.1, -0.05) is 37.1 Å². The van der Waals surface area contributed by atoms with Crippen molar-refractivity contribution in [2.24, 2.45) is 0 Å². The molecule has 1 atom stereocenters. The van der Waals surface area contributed by atoms with Gasteiger partial charge in [-0.15, -0.1) is 21.5 Å². The SMILES string of the molecule is C[C@H](Sc1nnc(Cc2cccs2)n1C1CCCCC1)C(=O)Nc1ccc2[nH]c(=O)[nH]c2c1. The molecule has 4 aromatic rings. The maximum Gasteiger partial charge on any atom is 0.323 e. The van der Waals surface area contributed by atoms with E-state index in [9.17, 15) is 9.59 Å². The molecule has 0 bridgehead atoms. The van der Waals surface area contributed by atoms with Crippen LogP contribution in [0.3, 0.4) is 0 Å². The van der Waals surface area contributed by atoms with Gasteiger partial charge in [-0.2, -0.15) is 0 Å². The molecule has 3 aromatic heterocycles. The van der Waals surface area contributed by atoms with Crippen molar-refractivity contribution in [1.29, 1.82) is 0 Å². The van der Waals surface area contributed by atoms with E-state index in [4.69, 9.17) is 0 Å². The monoisotopic (exact) mass is 482 g/mol. The largest absolute Gasteiger partial charge is 0.325 e. The summed E-state index contributed by atoms with van der Waals surface area (Å²) in [7, 11) is 0. The zero-order valence-corrected chi connectivity index (χ0v) is 20.0. The van der Waals surface area contributed by atoms with E-state index in [0.29, 0.717) is 22.8 Å². The highest BCUT2D eigenvalue weighted by Gasteiger charge is 2.26. The molecule has 3 N–H and O–H groups in total. The molecular weight excluding hydrogens is 456 g/mol. The van der Waals surface area contributed by atoms with Gasteiger partial charge in [-0.05, 0) is 49.4 Å². The number of nitrogens with one attached hydrogen (secondary N) is 3. The van der Waals surface area contributed by atoms with E-state index in [1.165, 1.54) is 35.9 Å². The first-order valence-corrected chi connectivity index (χ1v) is 13.0. The van der Waals surface area contributed by atoms with Crippen LogP contribution in [0.1, 0.15) is 55.8 Å². The minimum atomic E-state index is -0.355. The summed E-state index contributed by atoms with van der Waals surface area (Å²) >= 11 is 3.18. The van der Waals surface area contributed by atoms with E-state index < -0.39 is 0 Å². The third-order valence-electron chi connectivity index (χ3n) is 6.02. The summed E-state index contributed by atoms with van der Waals surface area (Å²) in [6, 6.07) is 9.88. The summed E-state index contributed by atoms with van der Waals surface area (Å²) < 4.78 is 2.28. The molecule has 5 rings (SSSR count). The van der Waals surface area contributed by atoms with E-state index in [1.807, 2.05) is 6.92 Å². The number of benzene rings is 1. The smallest absolute Gasteiger partial charge is 0.323 e. The topological polar surface area (TPSA) is 108 Å². The van der Waals surface area contributed by atoms with Gasteiger partial charge < -0.3 is 19.9 Å². The summed E-state index contributed by atoms with van der Waals surface area (Å²) in [5.74, 6) is 0.858. The average Bonchev–Trinajstić information content (AvgIpc) is 3.54. The Morgan fingerprint density at radius 3 is 2.82 bits per heavy atom. The Kier molecular flexibility index (Phi) is 6.37. The average molecular weight is 483 g/mol. The minimum absolute atomic E-state index is 0.116. The quantitative estimate of drug-likeness (QED) is 0.330. The number of anilines is 1. The van der Waals surface area contributed by atoms with Crippen molar-refractivity contribution >= 4 is 45.7 Å². The molecule has 1 saturated carbocycles. The van der Waals surface area contributed by atoms with Gasteiger partial charge in [-0.25, -0.2) is 4.79 Å². The number of rotatable bonds is 7. The molecule has 0 radical (unpaired) electrons. The predicted octanol–water partition coefficient (Wildman–Crippen LogP) is 4.72. The number of H-pyrrole nitrogens is 2. The van der Waals surface area contributed by atoms with Crippen LogP contribution in [-0.2, 0) is 11.2 Å². The Balaban J connectivity index is 1.33. The van der Waals surface area contributed by atoms with E-state index in [1.54, 1.807) is 29.5 Å². The fourth-order valence-electron chi connectivity index (χ4n) is 4.35. The normalized spacial score (nSPS) is 15.7. The van der Waals surface area contributed by atoms with Crippen LogP contribution in [0.15, 0.2) is 45.7 Å². The summed E-state index contributed by atoms with van der Waals surface area (Å²) in [6.45, 7) is 1.88. The van der Waals surface area contributed by atoms with Gasteiger partial charge in [0, 0.05) is 23.0 Å². The lowest BCUT2D eigenvalue weighted by Crippen LogP contribution is -2.24. The number of amides is 1. The number of carbonyl (C=O) groups excluding carboxylic acids is 1. The van der Waals surface area contributed by atoms with Crippen LogP contribution in [-0.4, -0.2) is 35.9 Å². The first-order valence-electron chi connectivity index (χ1n) is 11.2. The number of aromatic nitrogens is 5. The Morgan fingerprint density at radius 1 is 1.21 bits per heavy atom. The molecule has 1 aliphatic carbocycles. The molecule has 0 saturated heterocycles. The van der Waals surface area contributed by atoms with Crippen molar-refractivity contribution in [3.63, 3.8) is 0 Å². The van der Waals surface area contributed by atoms with E-state index in [0.717, 1.165) is 30.2 Å². The number of thioether (sulfide) groups is 1. The Bertz CT molecular complexity index is 1300. The molecular formula is C23H26N6O2S2. The molecule has 1 aromatic carbocycles. The molecule has 3 heterocycles. The Morgan fingerprint density at radius 2 is 2.03 bits per heavy atom. The highest BCUT2D eigenvalue weighted by molar-refractivity contribution is 8.00. The molecule has 10 heteroatoms. The number of hydrogen-bond acceptors (Lipinski definition) is 6. The van der Waals surface area contributed by atoms with Gasteiger partial charge in [0.1, 0.15) is 5.82 Å². The molecule has 33 heavy (non-hydrogen) atoms. The highest BCUT2D eigenvalue weighted by Crippen LogP contribution is 2.35. The van der Waals surface area contributed by atoms with Crippen LogP contribution >= 0.6 is 23.1 Å². The molecule has 1 fully saturated rings. The fraction of sp³-hybridized carbons (Fsp3) is 0.391. The summed E-state index contributed by atoms with van der Waals surface area (Å²) in [5.41, 5.74) is 1.74. The molecule has 1 amide bonds. The second kappa shape index (κ2) is 9.56. The van der Waals surface area contributed by atoms with Gasteiger partial charge in [0.05, 0.1) is 16.3 Å². The van der Waals surface area contributed by atoms with Crippen LogP contribution in [0, 0.1) is 0 Å². The molecule has 0 unspecified atom stereocenters. The van der Waals surface area contributed by atoms with Crippen molar-refractivity contribution in [2.45, 2.75) is 61.9 Å². The first-order chi connectivity index (χ1) is 16.1. The molecule has 0 aliphatic heterocycles. The van der Waals surface area contributed by atoms with Crippen molar-refractivity contribution in [2.75, 3.05) is 5.32 Å². The lowest BCUT2D eigenvalue weighted by atomic mass is 9.95. The van der Waals surface area contributed by atoms with Crippen LogP contribution < -0.4 is 11.0 Å².